The first-order chi connectivity index (χ1) is 13.4. The van der Waals surface area contributed by atoms with Gasteiger partial charge in [0.2, 0.25) is 5.91 Å². The third-order valence-corrected chi connectivity index (χ3v) is 5.66. The van der Waals surface area contributed by atoms with Crippen molar-refractivity contribution in [3.63, 3.8) is 0 Å². The summed E-state index contributed by atoms with van der Waals surface area (Å²) in [6, 6.07) is 13.1. The van der Waals surface area contributed by atoms with Gasteiger partial charge in [0.05, 0.1) is 18.0 Å². The second-order valence-corrected chi connectivity index (χ2v) is 8.02. The van der Waals surface area contributed by atoms with E-state index in [0.717, 1.165) is 17.0 Å². The van der Waals surface area contributed by atoms with E-state index in [1.54, 1.807) is 25.3 Å². The number of aryl methyl sites for hydroxylation is 1. The molecule has 2 aromatic carbocycles. The maximum Gasteiger partial charge on any atom is 0.237 e. The summed E-state index contributed by atoms with van der Waals surface area (Å²) in [6.45, 7) is 3.85. The molecule has 0 fully saturated rings. The van der Waals surface area contributed by atoms with Crippen molar-refractivity contribution in [3.05, 3.63) is 53.1 Å². The molecule has 1 amide bonds. The summed E-state index contributed by atoms with van der Waals surface area (Å²) in [5.74, 6) is 1.14. The Morgan fingerprint density at radius 2 is 2.00 bits per heavy atom. The van der Waals surface area contributed by atoms with Crippen LogP contribution >= 0.6 is 23.4 Å². The second kappa shape index (κ2) is 8.67. The molecule has 6 nitrogen and oxygen atoms in total. The second-order valence-electron chi connectivity index (χ2n) is 6.27. The number of hydrogen-bond donors (Lipinski definition) is 1. The van der Waals surface area contributed by atoms with Crippen molar-refractivity contribution in [2.75, 3.05) is 12.4 Å². The molecule has 3 rings (SSSR count). The number of methoxy groups -OCH3 is 1. The Kier molecular flexibility index (Phi) is 6.26. The van der Waals surface area contributed by atoms with Crippen molar-refractivity contribution in [3.8, 4) is 17.1 Å². The van der Waals surface area contributed by atoms with Crippen molar-refractivity contribution < 1.29 is 9.53 Å². The highest BCUT2D eigenvalue weighted by molar-refractivity contribution is 8.00. The van der Waals surface area contributed by atoms with Crippen LogP contribution in [-0.2, 0) is 11.8 Å². The molecule has 0 spiro atoms. The van der Waals surface area contributed by atoms with Crippen LogP contribution in [0, 0.1) is 6.92 Å². The van der Waals surface area contributed by atoms with Crippen LogP contribution in [0.4, 0.5) is 5.69 Å². The van der Waals surface area contributed by atoms with Gasteiger partial charge in [-0.25, -0.2) is 0 Å². The fourth-order valence-corrected chi connectivity index (χ4v) is 3.69. The molecule has 0 saturated carbocycles. The number of amides is 1. The predicted molar refractivity (Wildman–Crippen MR) is 113 cm³/mol. The van der Waals surface area contributed by atoms with Crippen molar-refractivity contribution in [2.24, 2.45) is 7.05 Å². The quantitative estimate of drug-likeness (QED) is 0.596. The summed E-state index contributed by atoms with van der Waals surface area (Å²) in [5.41, 5.74) is 2.67. The van der Waals surface area contributed by atoms with Crippen molar-refractivity contribution in [2.45, 2.75) is 24.3 Å². The van der Waals surface area contributed by atoms with Gasteiger partial charge in [-0.15, -0.1) is 10.2 Å². The van der Waals surface area contributed by atoms with Gasteiger partial charge < -0.3 is 14.6 Å². The molecule has 1 unspecified atom stereocenters. The van der Waals surface area contributed by atoms with E-state index < -0.39 is 5.25 Å². The maximum absolute atomic E-state index is 12.7. The number of aromatic nitrogens is 3. The minimum absolute atomic E-state index is 0.175. The molecule has 0 radical (unpaired) electrons. The molecular formula is C20H21ClN4O2S. The molecule has 146 valence electrons. The molecule has 1 aromatic heterocycles. The lowest BCUT2D eigenvalue weighted by Crippen LogP contribution is -2.23. The minimum Gasteiger partial charge on any atom is -0.495 e. The highest BCUT2D eigenvalue weighted by Crippen LogP contribution is 2.30. The average Bonchev–Trinajstić information content (AvgIpc) is 3.02. The van der Waals surface area contributed by atoms with Crippen molar-refractivity contribution in [1.82, 2.24) is 14.8 Å². The maximum atomic E-state index is 12.7. The number of carbonyl (C=O) groups is 1. The third kappa shape index (κ3) is 4.31. The van der Waals surface area contributed by atoms with E-state index in [1.807, 2.05) is 49.7 Å². The molecule has 1 heterocycles. The van der Waals surface area contributed by atoms with Gasteiger partial charge in [-0.1, -0.05) is 47.6 Å². The van der Waals surface area contributed by atoms with Gasteiger partial charge >= 0.3 is 0 Å². The number of halogens is 1. The number of carbonyl (C=O) groups excluding carboxylic acids is 1. The predicted octanol–water partition coefficient (Wildman–Crippen LogP) is 4.57. The van der Waals surface area contributed by atoms with Crippen LogP contribution in [0.1, 0.15) is 12.5 Å². The molecular weight excluding hydrogens is 396 g/mol. The number of hydrogen-bond acceptors (Lipinski definition) is 5. The van der Waals surface area contributed by atoms with Crippen LogP contribution < -0.4 is 10.1 Å². The fourth-order valence-electron chi connectivity index (χ4n) is 2.70. The van der Waals surface area contributed by atoms with Gasteiger partial charge in [-0.2, -0.15) is 0 Å². The Hall–Kier alpha value is -2.51. The van der Waals surface area contributed by atoms with Crippen LogP contribution in [0.5, 0.6) is 5.75 Å². The first kappa shape index (κ1) is 20.2. The zero-order valence-electron chi connectivity index (χ0n) is 16.1. The van der Waals surface area contributed by atoms with Gasteiger partial charge in [0.25, 0.3) is 0 Å². The first-order valence-electron chi connectivity index (χ1n) is 8.67. The van der Waals surface area contributed by atoms with E-state index in [1.165, 1.54) is 11.8 Å². The molecule has 0 saturated heterocycles. The lowest BCUT2D eigenvalue weighted by Gasteiger charge is -2.14. The van der Waals surface area contributed by atoms with E-state index >= 15 is 0 Å². The Morgan fingerprint density at radius 3 is 2.71 bits per heavy atom. The fraction of sp³-hybridized carbons (Fsp3) is 0.250. The van der Waals surface area contributed by atoms with E-state index in [-0.39, 0.29) is 5.91 Å². The lowest BCUT2D eigenvalue weighted by atomic mass is 10.1. The monoisotopic (exact) mass is 416 g/mol. The van der Waals surface area contributed by atoms with Gasteiger partial charge in [0.15, 0.2) is 11.0 Å². The van der Waals surface area contributed by atoms with Crippen LogP contribution in [0.2, 0.25) is 5.02 Å². The molecule has 0 aliphatic rings. The zero-order chi connectivity index (χ0) is 20.3. The molecule has 0 aliphatic heterocycles. The number of benzene rings is 2. The van der Waals surface area contributed by atoms with Crippen LogP contribution in [-0.4, -0.2) is 33.0 Å². The standard InChI is InChI=1S/C20H21ClN4O2S/c1-12-7-5-6-8-15(12)18-23-24-20(25(18)3)28-13(2)19(26)22-16-11-14(21)9-10-17(16)27-4/h5-11,13H,1-4H3,(H,22,26). The Bertz CT molecular complexity index is 1010. The Labute approximate surface area is 173 Å². The third-order valence-electron chi connectivity index (χ3n) is 4.29. The molecule has 1 atom stereocenters. The van der Waals surface area contributed by atoms with Crippen molar-refractivity contribution >= 4 is 35.0 Å². The Balaban J connectivity index is 1.75. The highest BCUT2D eigenvalue weighted by atomic mass is 35.5. The number of nitrogens with zero attached hydrogens (tertiary/aromatic N) is 3. The van der Waals surface area contributed by atoms with E-state index in [9.17, 15) is 4.79 Å². The van der Waals surface area contributed by atoms with Gasteiger partial charge in [-0.05, 0) is 37.6 Å². The first-order valence-corrected chi connectivity index (χ1v) is 9.93. The molecule has 0 aliphatic carbocycles. The lowest BCUT2D eigenvalue weighted by molar-refractivity contribution is -0.115. The zero-order valence-corrected chi connectivity index (χ0v) is 17.6. The molecule has 3 aromatic rings. The number of nitrogens with one attached hydrogen (secondary N) is 1. The number of thioether (sulfide) groups is 1. The van der Waals surface area contributed by atoms with Gasteiger partial charge in [0, 0.05) is 17.6 Å². The van der Waals surface area contributed by atoms with Crippen LogP contribution in [0.15, 0.2) is 47.6 Å². The summed E-state index contributed by atoms with van der Waals surface area (Å²) in [4.78, 5) is 12.7. The Morgan fingerprint density at radius 1 is 1.25 bits per heavy atom. The van der Waals surface area contributed by atoms with E-state index in [2.05, 4.69) is 15.5 Å². The van der Waals surface area contributed by atoms with Crippen molar-refractivity contribution in [1.29, 1.82) is 0 Å². The minimum atomic E-state index is -0.392. The number of anilines is 1. The molecule has 28 heavy (non-hydrogen) atoms. The largest absolute Gasteiger partial charge is 0.495 e. The van der Waals surface area contributed by atoms with Gasteiger partial charge in [-0.3, -0.25) is 4.79 Å². The van der Waals surface area contributed by atoms with Crippen LogP contribution in [0.25, 0.3) is 11.4 Å². The van der Waals surface area contributed by atoms with E-state index in [0.29, 0.717) is 21.6 Å². The topological polar surface area (TPSA) is 69.0 Å². The average molecular weight is 417 g/mol. The van der Waals surface area contributed by atoms with E-state index in [4.69, 9.17) is 16.3 Å². The smallest absolute Gasteiger partial charge is 0.237 e. The molecule has 8 heteroatoms. The summed E-state index contributed by atoms with van der Waals surface area (Å²) in [5, 5.41) is 12.2. The number of rotatable bonds is 6. The van der Waals surface area contributed by atoms with Crippen LogP contribution in [0.3, 0.4) is 0 Å². The number of ether oxygens (including phenoxy) is 1. The van der Waals surface area contributed by atoms with Gasteiger partial charge in [0.1, 0.15) is 5.75 Å². The summed E-state index contributed by atoms with van der Waals surface area (Å²) >= 11 is 7.37. The summed E-state index contributed by atoms with van der Waals surface area (Å²) in [6.07, 6.45) is 0. The molecule has 1 N–H and O–H groups in total. The summed E-state index contributed by atoms with van der Waals surface area (Å²) in [7, 11) is 3.44. The normalized spacial score (nSPS) is 11.9. The summed E-state index contributed by atoms with van der Waals surface area (Å²) < 4.78 is 7.17. The molecule has 0 bridgehead atoms. The SMILES string of the molecule is COc1ccc(Cl)cc1NC(=O)C(C)Sc1nnc(-c2ccccc2C)n1C. The highest BCUT2D eigenvalue weighted by Gasteiger charge is 2.21.